The monoisotopic (exact) mass is 282 g/mol. The average molecular weight is 283 g/mol. The standard InChI is InChI=1S/C18H38N2/c1-7-9-16-10-11-18(19-8-2)17(12-16)13-20(6)15(5)14(3)4/h14-19H,7-13H2,1-6H3. The van der Waals surface area contributed by atoms with Gasteiger partial charge in [0.25, 0.3) is 0 Å². The summed E-state index contributed by atoms with van der Waals surface area (Å²) in [4.78, 5) is 2.59. The van der Waals surface area contributed by atoms with E-state index in [0.29, 0.717) is 6.04 Å². The third-order valence-corrected chi connectivity index (χ3v) is 5.44. The fraction of sp³-hybridized carbons (Fsp3) is 1.00. The minimum absolute atomic E-state index is 0.684. The van der Waals surface area contributed by atoms with Crippen LogP contribution in [-0.4, -0.2) is 37.1 Å². The van der Waals surface area contributed by atoms with Gasteiger partial charge in [-0.05, 0) is 57.5 Å². The molecule has 1 aliphatic rings. The lowest BCUT2D eigenvalue weighted by molar-refractivity contribution is 0.116. The molecule has 0 aromatic heterocycles. The van der Waals surface area contributed by atoms with Gasteiger partial charge < -0.3 is 10.2 Å². The van der Waals surface area contributed by atoms with E-state index in [9.17, 15) is 0 Å². The minimum atomic E-state index is 0.684. The van der Waals surface area contributed by atoms with Gasteiger partial charge in [-0.25, -0.2) is 0 Å². The fourth-order valence-corrected chi connectivity index (χ4v) is 3.81. The molecule has 0 spiro atoms. The number of rotatable bonds is 8. The molecule has 0 aromatic rings. The van der Waals surface area contributed by atoms with E-state index < -0.39 is 0 Å². The summed E-state index contributed by atoms with van der Waals surface area (Å²) >= 11 is 0. The Balaban J connectivity index is 2.59. The molecule has 0 aliphatic heterocycles. The Labute approximate surface area is 127 Å². The molecule has 0 bridgehead atoms. The van der Waals surface area contributed by atoms with Crippen molar-refractivity contribution in [1.29, 1.82) is 0 Å². The summed E-state index contributed by atoms with van der Waals surface area (Å²) < 4.78 is 0. The SMILES string of the molecule is CCCC1CCC(NCC)C(CN(C)C(C)C(C)C)C1. The summed E-state index contributed by atoms with van der Waals surface area (Å²) in [5, 5.41) is 3.74. The summed E-state index contributed by atoms with van der Waals surface area (Å²) in [6.07, 6.45) is 7.03. The van der Waals surface area contributed by atoms with Gasteiger partial charge in [0.2, 0.25) is 0 Å². The molecule has 1 saturated carbocycles. The maximum absolute atomic E-state index is 3.74. The topological polar surface area (TPSA) is 15.3 Å². The molecular formula is C18H38N2. The molecule has 0 saturated heterocycles. The van der Waals surface area contributed by atoms with Gasteiger partial charge in [0.1, 0.15) is 0 Å². The van der Waals surface area contributed by atoms with Crippen LogP contribution in [0.15, 0.2) is 0 Å². The second-order valence-corrected chi connectivity index (χ2v) is 7.32. The summed E-state index contributed by atoms with van der Waals surface area (Å²) in [5.74, 6) is 2.56. The highest BCUT2D eigenvalue weighted by Gasteiger charge is 2.31. The Kier molecular flexibility index (Phi) is 8.13. The summed E-state index contributed by atoms with van der Waals surface area (Å²) in [5.41, 5.74) is 0. The van der Waals surface area contributed by atoms with Crippen molar-refractivity contribution in [3.8, 4) is 0 Å². The van der Waals surface area contributed by atoms with E-state index in [2.05, 4.69) is 51.9 Å². The number of nitrogens with one attached hydrogen (secondary N) is 1. The Morgan fingerprint density at radius 3 is 2.40 bits per heavy atom. The average Bonchev–Trinajstić information content (AvgIpc) is 2.41. The molecule has 1 aliphatic carbocycles. The second-order valence-electron chi connectivity index (χ2n) is 7.32. The predicted molar refractivity (Wildman–Crippen MR) is 90.1 cm³/mol. The van der Waals surface area contributed by atoms with E-state index in [1.54, 1.807) is 0 Å². The van der Waals surface area contributed by atoms with Crippen molar-refractivity contribution >= 4 is 0 Å². The first-order chi connectivity index (χ1) is 9.49. The van der Waals surface area contributed by atoms with Gasteiger partial charge in [-0.1, -0.05) is 40.5 Å². The number of hydrogen-bond acceptors (Lipinski definition) is 2. The molecule has 4 atom stereocenters. The Hall–Kier alpha value is -0.0800. The molecule has 0 aromatic carbocycles. The first-order valence-electron chi connectivity index (χ1n) is 8.93. The highest BCUT2D eigenvalue weighted by Crippen LogP contribution is 2.33. The zero-order chi connectivity index (χ0) is 15.1. The third-order valence-electron chi connectivity index (χ3n) is 5.44. The highest BCUT2D eigenvalue weighted by molar-refractivity contribution is 4.87. The molecule has 0 radical (unpaired) electrons. The highest BCUT2D eigenvalue weighted by atomic mass is 15.1. The molecule has 1 fully saturated rings. The molecule has 4 unspecified atom stereocenters. The lowest BCUT2D eigenvalue weighted by Crippen LogP contribution is -2.47. The van der Waals surface area contributed by atoms with Crippen LogP contribution in [0.25, 0.3) is 0 Å². The van der Waals surface area contributed by atoms with Gasteiger partial charge >= 0.3 is 0 Å². The molecule has 20 heavy (non-hydrogen) atoms. The van der Waals surface area contributed by atoms with Gasteiger partial charge in [-0.15, -0.1) is 0 Å². The zero-order valence-corrected chi connectivity index (χ0v) is 14.8. The summed E-state index contributed by atoms with van der Waals surface area (Å²) in [6.45, 7) is 14.0. The van der Waals surface area contributed by atoms with Gasteiger partial charge in [-0.2, -0.15) is 0 Å². The van der Waals surface area contributed by atoms with E-state index in [4.69, 9.17) is 0 Å². The first-order valence-corrected chi connectivity index (χ1v) is 8.93. The van der Waals surface area contributed by atoms with E-state index in [1.165, 1.54) is 38.6 Å². The van der Waals surface area contributed by atoms with Crippen LogP contribution in [0.4, 0.5) is 0 Å². The van der Waals surface area contributed by atoms with Crippen LogP contribution in [0.2, 0.25) is 0 Å². The summed E-state index contributed by atoms with van der Waals surface area (Å²) in [7, 11) is 2.32. The molecule has 0 amide bonds. The van der Waals surface area contributed by atoms with E-state index in [0.717, 1.165) is 30.3 Å². The van der Waals surface area contributed by atoms with Crippen LogP contribution in [0.1, 0.15) is 66.7 Å². The van der Waals surface area contributed by atoms with Crippen LogP contribution in [-0.2, 0) is 0 Å². The van der Waals surface area contributed by atoms with Crippen molar-refractivity contribution in [2.45, 2.75) is 78.8 Å². The smallest absolute Gasteiger partial charge is 0.0108 e. The van der Waals surface area contributed by atoms with Crippen molar-refractivity contribution in [1.82, 2.24) is 10.2 Å². The molecular weight excluding hydrogens is 244 g/mol. The molecule has 1 N–H and O–H groups in total. The second kappa shape index (κ2) is 9.04. The van der Waals surface area contributed by atoms with Gasteiger partial charge in [0, 0.05) is 18.6 Å². The van der Waals surface area contributed by atoms with E-state index in [-0.39, 0.29) is 0 Å². The minimum Gasteiger partial charge on any atom is -0.314 e. The first kappa shape index (κ1) is 18.0. The van der Waals surface area contributed by atoms with Crippen molar-refractivity contribution < 1.29 is 0 Å². The van der Waals surface area contributed by atoms with Gasteiger partial charge in [0.15, 0.2) is 0 Å². The Bertz CT molecular complexity index is 252. The van der Waals surface area contributed by atoms with Crippen LogP contribution in [0.5, 0.6) is 0 Å². The molecule has 1 rings (SSSR count). The predicted octanol–water partition coefficient (Wildman–Crippen LogP) is 4.16. The molecule has 2 nitrogen and oxygen atoms in total. The maximum Gasteiger partial charge on any atom is 0.0108 e. The fourth-order valence-electron chi connectivity index (χ4n) is 3.81. The molecule has 120 valence electrons. The van der Waals surface area contributed by atoms with E-state index >= 15 is 0 Å². The zero-order valence-electron chi connectivity index (χ0n) is 14.8. The van der Waals surface area contributed by atoms with Crippen LogP contribution in [0.3, 0.4) is 0 Å². The Morgan fingerprint density at radius 2 is 1.85 bits per heavy atom. The summed E-state index contributed by atoms with van der Waals surface area (Å²) in [6, 6.07) is 1.43. The van der Waals surface area contributed by atoms with E-state index in [1.807, 2.05) is 0 Å². The van der Waals surface area contributed by atoms with Gasteiger partial charge in [-0.3, -0.25) is 0 Å². The third kappa shape index (κ3) is 5.37. The van der Waals surface area contributed by atoms with Crippen molar-refractivity contribution in [3.63, 3.8) is 0 Å². The van der Waals surface area contributed by atoms with Crippen molar-refractivity contribution in [3.05, 3.63) is 0 Å². The molecule has 2 heteroatoms. The number of nitrogens with zero attached hydrogens (tertiary/aromatic N) is 1. The van der Waals surface area contributed by atoms with Crippen molar-refractivity contribution in [2.75, 3.05) is 20.1 Å². The van der Waals surface area contributed by atoms with Crippen molar-refractivity contribution in [2.24, 2.45) is 17.8 Å². The van der Waals surface area contributed by atoms with Gasteiger partial charge in [0.05, 0.1) is 0 Å². The Morgan fingerprint density at radius 1 is 1.15 bits per heavy atom. The lowest BCUT2D eigenvalue weighted by Gasteiger charge is -2.40. The lowest BCUT2D eigenvalue weighted by atomic mass is 9.76. The number of hydrogen-bond donors (Lipinski definition) is 1. The maximum atomic E-state index is 3.74. The van der Waals surface area contributed by atoms with Crippen LogP contribution in [0, 0.1) is 17.8 Å². The quantitative estimate of drug-likeness (QED) is 0.719. The van der Waals surface area contributed by atoms with Crippen LogP contribution >= 0.6 is 0 Å². The largest absolute Gasteiger partial charge is 0.314 e. The van der Waals surface area contributed by atoms with Crippen LogP contribution < -0.4 is 5.32 Å². The molecule has 0 heterocycles. The normalized spacial score (nSPS) is 29.1.